The number of urea groups is 1. The van der Waals surface area contributed by atoms with Crippen LogP contribution in [0.2, 0.25) is 0 Å². The number of hydrogen-bond acceptors (Lipinski definition) is 6. The number of carbonyl (C=O) groups is 1. The van der Waals surface area contributed by atoms with Gasteiger partial charge in [-0.2, -0.15) is 0 Å². The summed E-state index contributed by atoms with van der Waals surface area (Å²) < 4.78 is 0. The van der Waals surface area contributed by atoms with Gasteiger partial charge in [-0.15, -0.1) is 0 Å². The zero-order valence-electron chi connectivity index (χ0n) is 18.1. The van der Waals surface area contributed by atoms with Crippen molar-refractivity contribution in [2.75, 3.05) is 37.6 Å². The van der Waals surface area contributed by atoms with Crippen molar-refractivity contribution in [2.45, 2.75) is 44.4 Å². The lowest BCUT2D eigenvalue weighted by Gasteiger charge is -2.29. The number of nitrogens with two attached hydrogens (primary N) is 1. The molecule has 7 N–H and O–H groups in total. The summed E-state index contributed by atoms with van der Waals surface area (Å²) in [5.74, 6) is 0. The molecule has 8 heteroatoms. The highest BCUT2D eigenvalue weighted by atomic mass is 16.2. The Morgan fingerprint density at radius 1 is 1.16 bits per heavy atom. The number of carbonyl (C=O) groups excluding carboxylic acids is 1. The van der Waals surface area contributed by atoms with Gasteiger partial charge in [-0.1, -0.05) is 12.1 Å². The van der Waals surface area contributed by atoms with Gasteiger partial charge in [0.15, 0.2) is 0 Å². The Bertz CT molecular complexity index is 799. The minimum Gasteiger partial charge on any atom is -0.365 e. The van der Waals surface area contributed by atoms with Gasteiger partial charge in [0.05, 0.1) is 5.69 Å². The Hall–Kier alpha value is -2.39. The molecule has 0 spiro atoms. The lowest BCUT2D eigenvalue weighted by molar-refractivity contribution is 0.243. The van der Waals surface area contributed by atoms with Crippen LogP contribution >= 0.6 is 0 Å². The van der Waals surface area contributed by atoms with E-state index in [1.807, 2.05) is 18.3 Å². The van der Waals surface area contributed by atoms with Crippen LogP contribution in [0.4, 0.5) is 10.5 Å². The fourth-order valence-corrected chi connectivity index (χ4v) is 4.23. The molecule has 8 nitrogen and oxygen atoms in total. The van der Waals surface area contributed by atoms with E-state index in [9.17, 15) is 4.79 Å². The summed E-state index contributed by atoms with van der Waals surface area (Å²) in [6, 6.07) is 8.55. The Morgan fingerprint density at radius 3 is 2.81 bits per heavy atom. The third-order valence-electron chi connectivity index (χ3n) is 5.99. The lowest BCUT2D eigenvalue weighted by atomic mass is 10.1. The van der Waals surface area contributed by atoms with Gasteiger partial charge in [0.25, 0.3) is 0 Å². The van der Waals surface area contributed by atoms with Crippen LogP contribution in [0.1, 0.15) is 31.2 Å². The second-order valence-corrected chi connectivity index (χ2v) is 8.43. The lowest BCUT2D eigenvalue weighted by Crippen LogP contribution is -2.51. The van der Waals surface area contributed by atoms with E-state index < -0.39 is 0 Å². The zero-order chi connectivity index (χ0) is 21.5. The molecule has 1 aromatic carbocycles. The molecular weight excluding hydrogens is 390 g/mol. The summed E-state index contributed by atoms with van der Waals surface area (Å²) in [5, 5.41) is 16.9. The molecule has 3 aliphatic rings. The summed E-state index contributed by atoms with van der Waals surface area (Å²) in [6.07, 6.45) is 8.33. The van der Waals surface area contributed by atoms with Crippen molar-refractivity contribution in [3.05, 3.63) is 53.4 Å². The number of nitrogens with one attached hydrogen (secondary N) is 5. The Morgan fingerprint density at radius 2 is 2.03 bits per heavy atom. The highest BCUT2D eigenvalue weighted by Crippen LogP contribution is 2.25. The molecule has 31 heavy (non-hydrogen) atoms. The molecule has 0 bridgehead atoms. The molecule has 4 rings (SSSR count). The van der Waals surface area contributed by atoms with Crippen LogP contribution in [0.5, 0.6) is 0 Å². The van der Waals surface area contributed by atoms with Crippen LogP contribution in [0.25, 0.3) is 0 Å². The predicted molar refractivity (Wildman–Crippen MR) is 124 cm³/mol. The molecule has 3 aliphatic heterocycles. The molecule has 2 amide bonds. The van der Waals surface area contributed by atoms with Gasteiger partial charge in [-0.05, 0) is 69.1 Å². The van der Waals surface area contributed by atoms with E-state index in [1.165, 1.54) is 18.4 Å². The number of amides is 2. The van der Waals surface area contributed by atoms with Crippen molar-refractivity contribution in [3.8, 4) is 0 Å². The van der Waals surface area contributed by atoms with Gasteiger partial charge in [0.1, 0.15) is 6.17 Å². The van der Waals surface area contributed by atoms with Crippen LogP contribution < -0.4 is 37.2 Å². The zero-order valence-corrected chi connectivity index (χ0v) is 18.1. The second kappa shape index (κ2) is 10.8. The smallest absolute Gasteiger partial charge is 0.327 e. The van der Waals surface area contributed by atoms with Crippen molar-refractivity contribution in [2.24, 2.45) is 5.73 Å². The predicted octanol–water partition coefficient (Wildman–Crippen LogP) is 1.08. The fraction of sp³-hybridized carbons (Fsp3) is 0.522. The molecule has 1 fully saturated rings. The summed E-state index contributed by atoms with van der Waals surface area (Å²) in [4.78, 5) is 14.3. The number of hydrogen-bond donors (Lipinski definition) is 6. The minimum atomic E-state index is -0.138. The maximum atomic E-state index is 12.7. The van der Waals surface area contributed by atoms with Gasteiger partial charge in [-0.3, -0.25) is 4.90 Å². The van der Waals surface area contributed by atoms with Gasteiger partial charge < -0.3 is 32.3 Å². The molecule has 3 heterocycles. The largest absolute Gasteiger partial charge is 0.365 e. The van der Waals surface area contributed by atoms with Crippen molar-refractivity contribution < 1.29 is 4.79 Å². The van der Waals surface area contributed by atoms with E-state index in [4.69, 9.17) is 5.73 Å². The van der Waals surface area contributed by atoms with E-state index in [-0.39, 0.29) is 12.2 Å². The second-order valence-electron chi connectivity index (χ2n) is 8.43. The summed E-state index contributed by atoms with van der Waals surface area (Å²) in [6.45, 7) is 5.53. The molecule has 0 aliphatic carbocycles. The summed E-state index contributed by atoms with van der Waals surface area (Å²) >= 11 is 0. The first-order valence-corrected chi connectivity index (χ1v) is 11.5. The van der Waals surface area contributed by atoms with Crippen LogP contribution in [0, 0.1) is 0 Å². The topological polar surface area (TPSA) is 106 Å². The number of fused-ring (bicyclic) bond motifs is 1. The standard InChI is InChI=1S/C23H35N7O/c24-9-2-11-25-14-17-4-6-21(7-5-17)30-16-18-13-19(28-22(18)29-23(30)31)8-12-27-20-3-1-10-26-15-20/h4-7,13,16,20,22,25-28H,1-3,8-12,14-15,24H2,(H,29,31). The molecule has 168 valence electrons. The molecule has 0 saturated carbocycles. The first-order chi connectivity index (χ1) is 15.2. The van der Waals surface area contributed by atoms with Crippen molar-refractivity contribution in [1.29, 1.82) is 0 Å². The van der Waals surface area contributed by atoms with Crippen LogP contribution in [0.3, 0.4) is 0 Å². The highest BCUT2D eigenvalue weighted by molar-refractivity contribution is 5.96. The van der Waals surface area contributed by atoms with Crippen molar-refractivity contribution in [3.63, 3.8) is 0 Å². The number of nitrogens with zero attached hydrogens (tertiary/aromatic N) is 1. The van der Waals surface area contributed by atoms with Crippen molar-refractivity contribution >= 4 is 11.7 Å². The van der Waals surface area contributed by atoms with E-state index in [0.717, 1.165) is 62.5 Å². The fourth-order valence-electron chi connectivity index (χ4n) is 4.23. The number of anilines is 1. The quantitative estimate of drug-likeness (QED) is 0.314. The SMILES string of the molecule is NCCCNCc1ccc(N2C=C3C=C(CCNC4CCCNC4)NC3NC2=O)cc1. The monoisotopic (exact) mass is 425 g/mol. The molecule has 0 radical (unpaired) electrons. The van der Waals surface area contributed by atoms with E-state index in [1.54, 1.807) is 4.90 Å². The van der Waals surface area contributed by atoms with Crippen molar-refractivity contribution in [1.82, 2.24) is 26.6 Å². The third kappa shape index (κ3) is 5.86. The minimum absolute atomic E-state index is 0.115. The summed E-state index contributed by atoms with van der Waals surface area (Å²) in [5.41, 5.74) is 9.82. The molecule has 0 aromatic heterocycles. The first-order valence-electron chi connectivity index (χ1n) is 11.5. The Balaban J connectivity index is 1.32. The van der Waals surface area contributed by atoms with Crippen LogP contribution in [-0.2, 0) is 6.54 Å². The average molecular weight is 426 g/mol. The number of piperidine rings is 1. The first kappa shape index (κ1) is 21.8. The van der Waals surface area contributed by atoms with Gasteiger partial charge >= 0.3 is 6.03 Å². The molecule has 1 saturated heterocycles. The number of rotatable bonds is 10. The number of benzene rings is 1. The van der Waals surface area contributed by atoms with E-state index in [2.05, 4.69) is 44.8 Å². The Labute approximate surface area is 184 Å². The maximum Gasteiger partial charge on any atom is 0.327 e. The van der Waals surface area contributed by atoms with Gasteiger partial charge in [-0.25, -0.2) is 4.79 Å². The Kier molecular flexibility index (Phi) is 7.58. The molecule has 2 atom stereocenters. The molecule has 2 unspecified atom stereocenters. The molecular formula is C23H35N7O. The van der Waals surface area contributed by atoms with E-state index in [0.29, 0.717) is 12.6 Å². The van der Waals surface area contributed by atoms with Crippen LogP contribution in [0.15, 0.2) is 47.8 Å². The van der Waals surface area contributed by atoms with Gasteiger partial charge in [0.2, 0.25) is 0 Å². The normalized spacial score (nSPS) is 23.0. The van der Waals surface area contributed by atoms with Crippen LogP contribution in [-0.4, -0.2) is 51.0 Å². The molecule has 1 aromatic rings. The maximum absolute atomic E-state index is 12.7. The highest BCUT2D eigenvalue weighted by Gasteiger charge is 2.30. The van der Waals surface area contributed by atoms with E-state index >= 15 is 0 Å². The van der Waals surface area contributed by atoms with Gasteiger partial charge in [0, 0.05) is 43.1 Å². The third-order valence-corrected chi connectivity index (χ3v) is 5.99. The average Bonchev–Trinajstić information content (AvgIpc) is 3.19. The summed E-state index contributed by atoms with van der Waals surface area (Å²) in [7, 11) is 0.